The zero-order valence-electron chi connectivity index (χ0n) is 19.7. The first kappa shape index (κ1) is 23.7. The standard InChI is InChI=1S/C27H25N3O5S/c1-35-22-21-23(36-24(22)26(33)29-18-12-7-8-14-28-25(18)32)17-11-5-6-13-19(17)30(27(21)34)15-20(31)16-9-3-2-4-10-16/h2-6,9-11,13,18H,7-8,12,14-15H2,1H3,(H,28,32)(H,29,33). The molecule has 0 spiro atoms. The van der Waals surface area contributed by atoms with Crippen LogP contribution >= 0.6 is 11.3 Å². The lowest BCUT2D eigenvalue weighted by molar-refractivity contribution is -0.122. The highest BCUT2D eigenvalue weighted by Crippen LogP contribution is 2.39. The third kappa shape index (κ3) is 4.26. The van der Waals surface area contributed by atoms with Gasteiger partial charge in [0.05, 0.1) is 23.9 Å². The number of benzene rings is 2. The van der Waals surface area contributed by atoms with Crippen LogP contribution in [0.3, 0.4) is 0 Å². The van der Waals surface area contributed by atoms with Crippen LogP contribution in [0.2, 0.25) is 0 Å². The number of amides is 2. The minimum Gasteiger partial charge on any atom is -0.494 e. The number of hydrogen-bond acceptors (Lipinski definition) is 6. The number of rotatable bonds is 6. The van der Waals surface area contributed by atoms with Gasteiger partial charge in [-0.2, -0.15) is 0 Å². The summed E-state index contributed by atoms with van der Waals surface area (Å²) in [6.07, 6.45) is 2.22. The van der Waals surface area contributed by atoms with E-state index in [9.17, 15) is 19.2 Å². The Hall–Kier alpha value is -3.98. The van der Waals surface area contributed by atoms with E-state index >= 15 is 0 Å². The van der Waals surface area contributed by atoms with Crippen molar-refractivity contribution >= 4 is 49.9 Å². The topological polar surface area (TPSA) is 106 Å². The Labute approximate surface area is 210 Å². The molecule has 4 aromatic rings. The van der Waals surface area contributed by atoms with E-state index in [1.807, 2.05) is 18.2 Å². The van der Waals surface area contributed by atoms with Crippen LogP contribution in [0.15, 0.2) is 59.4 Å². The first-order valence-electron chi connectivity index (χ1n) is 11.8. The molecule has 5 rings (SSSR count). The molecule has 9 heteroatoms. The highest BCUT2D eigenvalue weighted by Gasteiger charge is 2.29. The molecule has 1 saturated heterocycles. The van der Waals surface area contributed by atoms with Gasteiger partial charge in [0.15, 0.2) is 11.5 Å². The maximum absolute atomic E-state index is 13.8. The van der Waals surface area contributed by atoms with Crippen molar-refractivity contribution < 1.29 is 19.1 Å². The number of pyridine rings is 1. The molecule has 184 valence electrons. The Bertz CT molecular complexity index is 1540. The van der Waals surface area contributed by atoms with Crippen LogP contribution in [0.25, 0.3) is 21.0 Å². The van der Waals surface area contributed by atoms with Crippen LogP contribution in [0.4, 0.5) is 0 Å². The third-order valence-electron chi connectivity index (χ3n) is 6.41. The van der Waals surface area contributed by atoms with Crippen molar-refractivity contribution in [2.24, 2.45) is 0 Å². The molecule has 0 radical (unpaired) electrons. The average Bonchev–Trinajstić information content (AvgIpc) is 3.19. The van der Waals surface area contributed by atoms with Crippen molar-refractivity contribution in [3.05, 3.63) is 75.4 Å². The number of ketones is 1. The fraction of sp³-hybridized carbons (Fsp3) is 0.259. The monoisotopic (exact) mass is 503 g/mol. The smallest absolute Gasteiger partial charge is 0.265 e. The summed E-state index contributed by atoms with van der Waals surface area (Å²) in [7, 11) is 1.41. The zero-order chi connectivity index (χ0) is 25.2. The summed E-state index contributed by atoms with van der Waals surface area (Å²) in [5, 5.41) is 6.61. The number of methoxy groups -OCH3 is 1. The van der Waals surface area contributed by atoms with Gasteiger partial charge in [0, 0.05) is 17.5 Å². The van der Waals surface area contributed by atoms with Crippen molar-refractivity contribution in [2.75, 3.05) is 13.7 Å². The van der Waals surface area contributed by atoms with Crippen molar-refractivity contribution in [1.82, 2.24) is 15.2 Å². The van der Waals surface area contributed by atoms with E-state index in [0.29, 0.717) is 28.7 Å². The Kier molecular flexibility index (Phi) is 6.56. The minimum atomic E-state index is -0.646. The van der Waals surface area contributed by atoms with Crippen LogP contribution in [0.5, 0.6) is 5.75 Å². The number of nitrogens with one attached hydrogen (secondary N) is 2. The number of carbonyl (C=O) groups is 3. The molecule has 1 aliphatic heterocycles. The largest absolute Gasteiger partial charge is 0.494 e. The summed E-state index contributed by atoms with van der Waals surface area (Å²) in [5.74, 6) is -0.731. The molecule has 3 heterocycles. The summed E-state index contributed by atoms with van der Waals surface area (Å²) < 4.78 is 7.62. The normalized spacial score (nSPS) is 15.9. The van der Waals surface area contributed by atoms with Gasteiger partial charge in [0.25, 0.3) is 11.5 Å². The molecule has 0 bridgehead atoms. The highest BCUT2D eigenvalue weighted by molar-refractivity contribution is 7.22. The van der Waals surface area contributed by atoms with E-state index in [0.717, 1.165) is 29.6 Å². The molecule has 36 heavy (non-hydrogen) atoms. The molecular weight excluding hydrogens is 478 g/mol. The predicted molar refractivity (Wildman–Crippen MR) is 139 cm³/mol. The van der Waals surface area contributed by atoms with Crippen molar-refractivity contribution in [3.63, 3.8) is 0 Å². The summed E-state index contributed by atoms with van der Waals surface area (Å²) in [4.78, 5) is 52.6. The Balaban J connectivity index is 1.62. The summed E-state index contributed by atoms with van der Waals surface area (Å²) in [5.41, 5.74) is 0.693. The molecule has 2 N–H and O–H groups in total. The number of thiophene rings is 1. The van der Waals surface area contributed by atoms with E-state index in [2.05, 4.69) is 10.6 Å². The van der Waals surface area contributed by atoms with E-state index < -0.39 is 17.5 Å². The number of Topliss-reactive ketones (excluding diaryl/α,β-unsaturated/α-hetero) is 1. The third-order valence-corrected chi connectivity index (χ3v) is 7.61. The predicted octanol–water partition coefficient (Wildman–Crippen LogP) is 3.51. The molecule has 2 aromatic carbocycles. The number of fused-ring (bicyclic) bond motifs is 3. The molecule has 1 unspecified atom stereocenters. The summed E-state index contributed by atoms with van der Waals surface area (Å²) in [6.45, 7) is 0.437. The van der Waals surface area contributed by atoms with Crippen LogP contribution in [0.1, 0.15) is 39.3 Å². The lowest BCUT2D eigenvalue weighted by atomic mass is 10.1. The first-order valence-corrected chi connectivity index (χ1v) is 12.6. The molecule has 1 fully saturated rings. The Morgan fingerprint density at radius 2 is 1.83 bits per heavy atom. The molecule has 1 atom stereocenters. The maximum Gasteiger partial charge on any atom is 0.265 e. The lowest BCUT2D eigenvalue weighted by Gasteiger charge is -2.15. The highest BCUT2D eigenvalue weighted by atomic mass is 32.1. The van der Waals surface area contributed by atoms with Crippen LogP contribution in [-0.2, 0) is 11.3 Å². The number of ether oxygens (including phenoxy) is 1. The summed E-state index contributed by atoms with van der Waals surface area (Å²) >= 11 is 1.15. The van der Waals surface area contributed by atoms with Crippen molar-refractivity contribution in [1.29, 1.82) is 0 Å². The van der Waals surface area contributed by atoms with E-state index in [1.165, 1.54) is 11.7 Å². The van der Waals surface area contributed by atoms with Crippen molar-refractivity contribution in [2.45, 2.75) is 31.8 Å². The van der Waals surface area contributed by atoms with E-state index in [4.69, 9.17) is 4.74 Å². The van der Waals surface area contributed by atoms with Gasteiger partial charge in [-0.3, -0.25) is 23.7 Å². The Morgan fingerprint density at radius 1 is 1.08 bits per heavy atom. The van der Waals surface area contributed by atoms with Crippen molar-refractivity contribution in [3.8, 4) is 5.75 Å². The SMILES string of the molecule is COc1c(C(=O)NC2CCCCNC2=O)sc2c1c(=O)n(CC(=O)c1ccccc1)c1ccccc21. The quantitative estimate of drug-likeness (QED) is 0.392. The molecule has 0 saturated carbocycles. The van der Waals surface area contributed by atoms with Gasteiger partial charge >= 0.3 is 0 Å². The molecule has 1 aliphatic rings. The van der Waals surface area contributed by atoms with Gasteiger partial charge in [-0.05, 0) is 25.3 Å². The number of para-hydroxylation sites is 1. The average molecular weight is 504 g/mol. The second-order valence-electron chi connectivity index (χ2n) is 8.68. The molecular formula is C27H25N3O5S. The van der Waals surface area contributed by atoms with E-state index in [1.54, 1.807) is 36.4 Å². The fourth-order valence-electron chi connectivity index (χ4n) is 4.61. The zero-order valence-corrected chi connectivity index (χ0v) is 20.5. The van der Waals surface area contributed by atoms with Gasteiger partial charge < -0.3 is 15.4 Å². The number of hydrogen-bond donors (Lipinski definition) is 2. The van der Waals surface area contributed by atoms with Crippen LogP contribution in [0, 0.1) is 0 Å². The minimum absolute atomic E-state index is 0.151. The number of nitrogens with zero attached hydrogens (tertiary/aromatic N) is 1. The van der Waals surface area contributed by atoms with Crippen LogP contribution < -0.4 is 20.9 Å². The lowest BCUT2D eigenvalue weighted by Crippen LogP contribution is -2.45. The van der Waals surface area contributed by atoms with E-state index in [-0.39, 0.29) is 34.2 Å². The molecule has 0 aliphatic carbocycles. The van der Waals surface area contributed by atoms with Gasteiger partial charge in [0.2, 0.25) is 5.91 Å². The molecule has 8 nitrogen and oxygen atoms in total. The second kappa shape index (κ2) is 9.94. The fourth-order valence-corrected chi connectivity index (χ4v) is 5.80. The van der Waals surface area contributed by atoms with Gasteiger partial charge in [-0.15, -0.1) is 11.3 Å². The van der Waals surface area contributed by atoms with Crippen LogP contribution in [-0.4, -0.2) is 41.9 Å². The molecule has 2 amide bonds. The van der Waals surface area contributed by atoms with Gasteiger partial charge in [-0.1, -0.05) is 48.5 Å². The summed E-state index contributed by atoms with van der Waals surface area (Å²) in [6, 6.07) is 15.5. The maximum atomic E-state index is 13.8. The first-order chi connectivity index (χ1) is 17.5. The Morgan fingerprint density at radius 3 is 2.61 bits per heavy atom. The van der Waals surface area contributed by atoms with Gasteiger partial charge in [0.1, 0.15) is 16.3 Å². The molecule has 2 aromatic heterocycles. The number of aromatic nitrogens is 1. The second-order valence-corrected chi connectivity index (χ2v) is 9.70. The number of carbonyl (C=O) groups excluding carboxylic acids is 3. The van der Waals surface area contributed by atoms with Gasteiger partial charge in [-0.25, -0.2) is 0 Å².